The summed E-state index contributed by atoms with van der Waals surface area (Å²) < 4.78 is 35.5. The molecule has 1 saturated heterocycles. The molecule has 1 aromatic rings. The molecule has 7 nitrogen and oxygen atoms in total. The van der Waals surface area contributed by atoms with Crippen LogP contribution in [-0.4, -0.2) is 43.6 Å². The minimum atomic E-state index is -3.96. The Balaban J connectivity index is 1.48. The van der Waals surface area contributed by atoms with Crippen LogP contribution in [0, 0.1) is 24.2 Å². The predicted octanol–water partition coefficient (Wildman–Crippen LogP) is 2.70. The van der Waals surface area contributed by atoms with Crippen LogP contribution in [0.25, 0.3) is 0 Å². The third kappa shape index (κ3) is 3.45. The number of hydrogen-bond donors (Lipinski definition) is 1. The van der Waals surface area contributed by atoms with E-state index in [1.165, 1.54) is 12.1 Å². The van der Waals surface area contributed by atoms with Gasteiger partial charge < -0.3 is 9.84 Å². The Morgan fingerprint density at radius 2 is 1.97 bits per heavy atom. The first kappa shape index (κ1) is 22.2. The minimum absolute atomic E-state index is 0.0472. The molecular weight excluding hydrogens is 420 g/mol. The Kier molecular flexibility index (Phi) is 5.60. The van der Waals surface area contributed by atoms with E-state index >= 15 is 0 Å². The van der Waals surface area contributed by atoms with Gasteiger partial charge in [-0.1, -0.05) is 29.8 Å². The van der Waals surface area contributed by atoms with Gasteiger partial charge in [-0.05, 0) is 51.7 Å². The van der Waals surface area contributed by atoms with Gasteiger partial charge >= 0.3 is 5.97 Å². The van der Waals surface area contributed by atoms with Crippen LogP contribution in [0.2, 0.25) is 0 Å². The number of allylic oxidation sites excluding steroid dienone is 1. The molecule has 2 aliphatic carbocycles. The summed E-state index contributed by atoms with van der Waals surface area (Å²) in [5, 5.41) is 11.1. The second kappa shape index (κ2) is 7.83. The van der Waals surface area contributed by atoms with Crippen LogP contribution in [0.4, 0.5) is 0 Å². The molecule has 1 aromatic carbocycles. The number of hydrogen-bond acceptors (Lipinski definition) is 7. The van der Waals surface area contributed by atoms with E-state index in [1.54, 1.807) is 19.1 Å². The Morgan fingerprint density at radius 1 is 1.26 bits per heavy atom. The van der Waals surface area contributed by atoms with Gasteiger partial charge in [0.15, 0.2) is 0 Å². The van der Waals surface area contributed by atoms with Gasteiger partial charge in [-0.2, -0.15) is 8.42 Å². The van der Waals surface area contributed by atoms with E-state index in [-0.39, 0.29) is 36.0 Å². The molecule has 0 bridgehead atoms. The lowest BCUT2D eigenvalue weighted by Gasteiger charge is -2.55. The Labute approximate surface area is 182 Å². The fourth-order valence-electron chi connectivity index (χ4n) is 5.34. The zero-order valence-electron chi connectivity index (χ0n) is 17.7. The van der Waals surface area contributed by atoms with Crippen molar-refractivity contribution in [3.8, 4) is 0 Å². The molecule has 3 unspecified atom stereocenters. The lowest BCUT2D eigenvalue weighted by atomic mass is 9.60. The summed E-state index contributed by atoms with van der Waals surface area (Å²) in [5.41, 5.74) is -1.52. The number of ether oxygens (including phenoxy) is 1. The van der Waals surface area contributed by atoms with Gasteiger partial charge in [0, 0.05) is 12.3 Å². The number of benzene rings is 1. The van der Waals surface area contributed by atoms with Crippen molar-refractivity contribution < 1.29 is 32.0 Å². The number of aliphatic hydroxyl groups excluding tert-OH is 1. The summed E-state index contributed by atoms with van der Waals surface area (Å²) >= 11 is 0. The maximum Gasteiger partial charge on any atom is 0.319 e. The Morgan fingerprint density at radius 3 is 2.58 bits per heavy atom. The molecule has 31 heavy (non-hydrogen) atoms. The molecule has 1 N–H and O–H groups in total. The van der Waals surface area contributed by atoms with E-state index < -0.39 is 39.1 Å². The first-order valence-electron chi connectivity index (χ1n) is 10.7. The van der Waals surface area contributed by atoms with E-state index in [1.807, 2.05) is 19.1 Å². The van der Waals surface area contributed by atoms with E-state index in [4.69, 9.17) is 8.92 Å². The molecule has 5 atom stereocenters. The number of carbonyl (C=O) groups is 2. The lowest BCUT2D eigenvalue weighted by molar-refractivity contribution is -0.263. The molecule has 168 valence electrons. The van der Waals surface area contributed by atoms with Gasteiger partial charge in [0.1, 0.15) is 16.8 Å². The van der Waals surface area contributed by atoms with Gasteiger partial charge in [0.25, 0.3) is 10.1 Å². The number of Topliss-reactive ketones (excluding diaryl/α,β-unsaturated/α-hetero) is 1. The molecule has 2 fully saturated rings. The number of aliphatic hydroxyl groups is 1. The van der Waals surface area contributed by atoms with Gasteiger partial charge in [0.2, 0.25) is 0 Å². The maximum atomic E-state index is 12.9. The van der Waals surface area contributed by atoms with Crippen molar-refractivity contribution in [2.24, 2.45) is 17.3 Å². The quantitative estimate of drug-likeness (QED) is 0.388. The Hall–Kier alpha value is -2.03. The van der Waals surface area contributed by atoms with Crippen LogP contribution >= 0.6 is 0 Å². The minimum Gasteiger partial charge on any atom is -0.457 e. The second-order valence-corrected chi connectivity index (χ2v) is 10.6. The summed E-state index contributed by atoms with van der Waals surface area (Å²) in [4.78, 5) is 25.5. The molecule has 3 aliphatic rings. The van der Waals surface area contributed by atoms with Crippen molar-refractivity contribution in [2.75, 3.05) is 6.61 Å². The summed E-state index contributed by atoms with van der Waals surface area (Å²) in [6.45, 7) is 3.32. The summed E-state index contributed by atoms with van der Waals surface area (Å²) in [6.07, 6.45) is 5.50. The van der Waals surface area contributed by atoms with Gasteiger partial charge in [-0.25, -0.2) is 0 Å². The topological polar surface area (TPSA) is 107 Å². The first-order valence-corrected chi connectivity index (χ1v) is 12.1. The van der Waals surface area contributed by atoms with Crippen molar-refractivity contribution in [1.29, 1.82) is 0 Å². The molecule has 1 saturated carbocycles. The second-order valence-electron chi connectivity index (χ2n) is 9.01. The highest BCUT2D eigenvalue weighted by molar-refractivity contribution is 7.86. The maximum absolute atomic E-state index is 12.9. The predicted molar refractivity (Wildman–Crippen MR) is 111 cm³/mol. The van der Waals surface area contributed by atoms with Crippen LogP contribution in [0.15, 0.2) is 41.3 Å². The standard InChI is InChI=1S/C23H28O7S/c1-15-8-10-17(11-9-15)31(27,28)29-13-12-18-19(24)14-23(21(26)30-22(18,23)2)20(25)16-6-4-3-5-7-16/h4,6,8-11,16,18,20,25H,3,5,7,12-14H2,1-2H3/t16?,18?,20-,22-,23?/m0/s1. The summed E-state index contributed by atoms with van der Waals surface area (Å²) in [7, 11) is -3.96. The van der Waals surface area contributed by atoms with Gasteiger partial charge in [0.05, 0.1) is 23.5 Å². The molecule has 0 amide bonds. The van der Waals surface area contributed by atoms with Crippen LogP contribution in [0.3, 0.4) is 0 Å². The highest BCUT2D eigenvalue weighted by atomic mass is 32.2. The number of ketones is 1. The number of rotatable bonds is 7. The zero-order chi connectivity index (χ0) is 22.4. The van der Waals surface area contributed by atoms with Crippen LogP contribution in [0.5, 0.6) is 0 Å². The normalized spacial score (nSPS) is 33.5. The molecule has 0 radical (unpaired) electrons. The fraction of sp³-hybridized carbons (Fsp3) is 0.565. The van der Waals surface area contributed by atoms with Crippen molar-refractivity contribution in [3.63, 3.8) is 0 Å². The van der Waals surface area contributed by atoms with Gasteiger partial charge in [-0.15, -0.1) is 0 Å². The largest absolute Gasteiger partial charge is 0.457 e. The number of fused-ring (bicyclic) bond motifs is 1. The fourth-order valence-corrected chi connectivity index (χ4v) is 6.26. The lowest BCUT2D eigenvalue weighted by Crippen LogP contribution is -2.70. The number of esters is 1. The van der Waals surface area contributed by atoms with E-state index in [0.29, 0.717) is 0 Å². The summed E-state index contributed by atoms with van der Waals surface area (Å²) in [6, 6.07) is 6.31. The Bertz CT molecular complexity index is 1010. The highest BCUT2D eigenvalue weighted by Gasteiger charge is 2.78. The average molecular weight is 449 g/mol. The van der Waals surface area contributed by atoms with Crippen LogP contribution < -0.4 is 0 Å². The molecule has 8 heteroatoms. The number of aryl methyl sites for hydroxylation is 1. The van der Waals surface area contributed by atoms with Crippen LogP contribution in [-0.2, 0) is 28.6 Å². The summed E-state index contributed by atoms with van der Waals surface area (Å²) in [5.74, 6) is -1.68. The third-order valence-corrected chi connectivity index (χ3v) is 8.54. The van der Waals surface area contributed by atoms with E-state index in [9.17, 15) is 23.1 Å². The molecular formula is C23H28O7S. The molecule has 0 spiro atoms. The smallest absolute Gasteiger partial charge is 0.319 e. The van der Waals surface area contributed by atoms with Gasteiger partial charge in [-0.3, -0.25) is 13.8 Å². The first-order chi connectivity index (χ1) is 14.6. The van der Waals surface area contributed by atoms with Crippen molar-refractivity contribution >= 4 is 21.9 Å². The SMILES string of the molecule is Cc1ccc(S(=O)(=O)OCCC2C(=O)CC3([C@@H](O)C4C=CCCC4)C(=O)O[C@@]23C)cc1. The van der Waals surface area contributed by atoms with E-state index in [0.717, 1.165) is 24.8 Å². The molecule has 1 aliphatic heterocycles. The highest BCUT2D eigenvalue weighted by Crippen LogP contribution is 2.62. The monoisotopic (exact) mass is 448 g/mol. The molecule has 4 rings (SSSR count). The zero-order valence-corrected chi connectivity index (χ0v) is 18.6. The average Bonchev–Trinajstić information content (AvgIpc) is 2.91. The molecule has 0 aromatic heterocycles. The van der Waals surface area contributed by atoms with Crippen molar-refractivity contribution in [1.82, 2.24) is 0 Å². The van der Waals surface area contributed by atoms with E-state index in [2.05, 4.69) is 0 Å². The van der Waals surface area contributed by atoms with Crippen molar-refractivity contribution in [3.05, 3.63) is 42.0 Å². The third-order valence-electron chi connectivity index (χ3n) is 7.22. The molecule has 1 heterocycles. The van der Waals surface area contributed by atoms with Crippen molar-refractivity contribution in [2.45, 2.75) is 62.6 Å². The number of carbonyl (C=O) groups excluding carboxylic acids is 2. The van der Waals surface area contributed by atoms with Crippen LogP contribution in [0.1, 0.15) is 44.6 Å².